The van der Waals surface area contributed by atoms with Crippen molar-refractivity contribution in [1.29, 1.82) is 0 Å². The van der Waals surface area contributed by atoms with E-state index in [0.29, 0.717) is 24.6 Å². The van der Waals surface area contributed by atoms with Crippen molar-refractivity contribution in [3.05, 3.63) is 54.1 Å². The molecule has 2 N–H and O–H groups in total. The van der Waals surface area contributed by atoms with E-state index < -0.39 is 17.7 Å². The minimum Gasteiger partial charge on any atom is -0.349 e. The number of H-pyrrole nitrogens is 1. The highest BCUT2D eigenvalue weighted by Crippen LogP contribution is 2.22. The van der Waals surface area contributed by atoms with E-state index in [2.05, 4.69) is 15.3 Å². The van der Waals surface area contributed by atoms with Gasteiger partial charge in [0.15, 0.2) is 0 Å². The first-order chi connectivity index (χ1) is 14.2. The lowest BCUT2D eigenvalue weighted by atomic mass is 9.89. The number of benzene rings is 1. The summed E-state index contributed by atoms with van der Waals surface area (Å²) in [5, 5.41) is 2.80. The third kappa shape index (κ3) is 6.01. The van der Waals surface area contributed by atoms with Crippen LogP contribution < -0.4 is 5.32 Å². The molecule has 7 heteroatoms. The molecule has 1 fully saturated rings. The fourth-order valence-corrected chi connectivity index (χ4v) is 3.85. The third-order valence-corrected chi connectivity index (χ3v) is 5.51. The van der Waals surface area contributed by atoms with Crippen molar-refractivity contribution in [3.63, 3.8) is 0 Å². The summed E-state index contributed by atoms with van der Waals surface area (Å²) < 4.78 is 0. The molecule has 0 saturated heterocycles. The van der Waals surface area contributed by atoms with Gasteiger partial charge in [0, 0.05) is 31.4 Å². The molecule has 1 aromatic heterocycles. The zero-order valence-corrected chi connectivity index (χ0v) is 16.5. The average molecular weight is 396 g/mol. The fraction of sp³-hybridized carbons (Fsp3) is 0.455. The monoisotopic (exact) mass is 396 g/mol. The Hall–Kier alpha value is -2.96. The van der Waals surface area contributed by atoms with Gasteiger partial charge < -0.3 is 15.2 Å². The zero-order chi connectivity index (χ0) is 20.5. The van der Waals surface area contributed by atoms with E-state index in [4.69, 9.17) is 0 Å². The maximum absolute atomic E-state index is 13.0. The number of ketones is 1. The van der Waals surface area contributed by atoms with Crippen LogP contribution in [0.15, 0.2) is 42.9 Å². The smallest absolute Gasteiger partial charge is 0.289 e. The Morgan fingerprint density at radius 1 is 1.21 bits per heavy atom. The molecule has 1 heterocycles. The van der Waals surface area contributed by atoms with E-state index >= 15 is 0 Å². The van der Waals surface area contributed by atoms with Gasteiger partial charge in [-0.25, -0.2) is 4.98 Å². The molecule has 1 saturated carbocycles. The lowest BCUT2D eigenvalue weighted by Gasteiger charge is -2.27. The quantitative estimate of drug-likeness (QED) is 0.476. The van der Waals surface area contributed by atoms with E-state index in [1.165, 1.54) is 30.5 Å². The molecule has 1 aromatic carbocycles. The number of aromatic nitrogens is 2. The Labute approximate surface area is 170 Å². The number of nitrogens with zero attached hydrogens (tertiary/aromatic N) is 2. The molecule has 7 nitrogen and oxygen atoms in total. The van der Waals surface area contributed by atoms with Crippen molar-refractivity contribution < 1.29 is 14.4 Å². The molecular weight excluding hydrogens is 368 g/mol. The lowest BCUT2D eigenvalue weighted by molar-refractivity contribution is -0.143. The van der Waals surface area contributed by atoms with Gasteiger partial charge in [-0.1, -0.05) is 49.6 Å². The van der Waals surface area contributed by atoms with Crippen LogP contribution >= 0.6 is 0 Å². The van der Waals surface area contributed by atoms with Gasteiger partial charge in [0.2, 0.25) is 12.2 Å². The number of carbonyl (C=O) groups excluding carboxylic acids is 3. The van der Waals surface area contributed by atoms with Gasteiger partial charge in [-0.2, -0.15) is 0 Å². The van der Waals surface area contributed by atoms with Gasteiger partial charge in [-0.3, -0.25) is 14.4 Å². The number of Topliss-reactive ketones (excluding diaryl/α,β-unsaturated/α-hetero) is 1. The van der Waals surface area contributed by atoms with Crippen molar-refractivity contribution in [2.45, 2.75) is 51.1 Å². The van der Waals surface area contributed by atoms with Gasteiger partial charge in [0.1, 0.15) is 6.04 Å². The molecule has 2 amide bonds. The van der Waals surface area contributed by atoms with Gasteiger partial charge >= 0.3 is 0 Å². The van der Waals surface area contributed by atoms with E-state index in [-0.39, 0.29) is 13.0 Å². The number of hydrogen-bond acceptors (Lipinski definition) is 4. The summed E-state index contributed by atoms with van der Waals surface area (Å²) in [6.07, 6.45) is 9.72. The highest BCUT2D eigenvalue weighted by Gasteiger charge is 2.31. The summed E-state index contributed by atoms with van der Waals surface area (Å²) in [4.78, 5) is 45.7. The minimum absolute atomic E-state index is 0.210. The van der Waals surface area contributed by atoms with Crippen molar-refractivity contribution in [3.8, 4) is 0 Å². The Morgan fingerprint density at radius 3 is 2.62 bits per heavy atom. The largest absolute Gasteiger partial charge is 0.349 e. The molecule has 3 rings (SSSR count). The summed E-state index contributed by atoms with van der Waals surface area (Å²) in [5.74, 6) is -0.795. The standard InChI is InChI=1S/C22H28N4O3/c27-16-26(14-18-9-5-2-6-10-18)20(11-19-13-23-15-25-19)21(28)22(29)24-12-17-7-3-1-4-8-17/h2,5-6,9-10,13,15-17,20H,1,3-4,7-8,11-12,14H2,(H,23,25)(H,24,29). The summed E-state index contributed by atoms with van der Waals surface area (Å²) in [6, 6.07) is 8.52. The number of rotatable bonds is 10. The number of carbonyl (C=O) groups is 3. The van der Waals surface area contributed by atoms with Crippen LogP contribution in [0.4, 0.5) is 0 Å². The van der Waals surface area contributed by atoms with Crippen LogP contribution in [-0.2, 0) is 27.3 Å². The number of amides is 2. The van der Waals surface area contributed by atoms with Crippen LogP contribution in [0.3, 0.4) is 0 Å². The molecule has 154 valence electrons. The first kappa shape index (κ1) is 20.8. The second kappa shape index (κ2) is 10.5. The second-order valence-electron chi connectivity index (χ2n) is 7.64. The van der Waals surface area contributed by atoms with Gasteiger partial charge in [0.05, 0.1) is 6.33 Å². The van der Waals surface area contributed by atoms with E-state index in [1.54, 1.807) is 6.20 Å². The first-order valence-electron chi connectivity index (χ1n) is 10.2. The third-order valence-electron chi connectivity index (χ3n) is 5.51. The maximum Gasteiger partial charge on any atom is 0.289 e. The second-order valence-corrected chi connectivity index (χ2v) is 7.64. The Bertz CT molecular complexity index is 786. The number of nitrogens with one attached hydrogen (secondary N) is 2. The molecule has 2 aromatic rings. The van der Waals surface area contributed by atoms with Crippen LogP contribution in [-0.4, -0.2) is 45.6 Å². The fourth-order valence-electron chi connectivity index (χ4n) is 3.85. The highest BCUT2D eigenvalue weighted by atomic mass is 16.2. The molecule has 0 spiro atoms. The van der Waals surface area contributed by atoms with Gasteiger partial charge in [-0.05, 0) is 24.3 Å². The number of aromatic amines is 1. The molecule has 1 unspecified atom stereocenters. The van der Waals surface area contributed by atoms with Crippen LogP contribution in [0.5, 0.6) is 0 Å². The van der Waals surface area contributed by atoms with Crippen LogP contribution in [0.25, 0.3) is 0 Å². The van der Waals surface area contributed by atoms with E-state index in [0.717, 1.165) is 18.4 Å². The molecule has 29 heavy (non-hydrogen) atoms. The number of imidazole rings is 1. The molecule has 1 aliphatic carbocycles. The highest BCUT2D eigenvalue weighted by molar-refractivity contribution is 6.38. The topological polar surface area (TPSA) is 95.2 Å². The van der Waals surface area contributed by atoms with Gasteiger partial charge in [-0.15, -0.1) is 0 Å². The molecule has 1 aliphatic rings. The van der Waals surface area contributed by atoms with E-state index in [9.17, 15) is 14.4 Å². The number of hydrogen-bond donors (Lipinski definition) is 2. The SMILES string of the molecule is O=CN(Cc1ccccc1)C(Cc1cnc[nH]1)C(=O)C(=O)NCC1CCCCC1. The van der Waals surface area contributed by atoms with Crippen LogP contribution in [0.2, 0.25) is 0 Å². The predicted octanol–water partition coefficient (Wildman–Crippen LogP) is 2.24. The molecular formula is C22H28N4O3. The first-order valence-corrected chi connectivity index (χ1v) is 10.2. The lowest BCUT2D eigenvalue weighted by Crippen LogP contribution is -2.49. The summed E-state index contributed by atoms with van der Waals surface area (Å²) >= 11 is 0. The van der Waals surface area contributed by atoms with Crippen molar-refractivity contribution in [1.82, 2.24) is 20.2 Å². The molecule has 0 radical (unpaired) electrons. The predicted molar refractivity (Wildman–Crippen MR) is 109 cm³/mol. The summed E-state index contributed by atoms with van der Waals surface area (Å²) in [5.41, 5.74) is 1.59. The van der Waals surface area contributed by atoms with Gasteiger partial charge in [0.25, 0.3) is 5.91 Å². The van der Waals surface area contributed by atoms with Crippen LogP contribution in [0, 0.1) is 5.92 Å². The zero-order valence-electron chi connectivity index (χ0n) is 16.5. The Balaban J connectivity index is 1.69. The molecule has 1 atom stereocenters. The minimum atomic E-state index is -0.889. The van der Waals surface area contributed by atoms with Crippen molar-refractivity contribution >= 4 is 18.1 Å². The van der Waals surface area contributed by atoms with Crippen LogP contribution in [0.1, 0.15) is 43.4 Å². The summed E-state index contributed by atoms with van der Waals surface area (Å²) in [7, 11) is 0. The Kier molecular flexibility index (Phi) is 7.55. The average Bonchev–Trinajstić information content (AvgIpc) is 3.28. The molecule has 0 bridgehead atoms. The van der Waals surface area contributed by atoms with Crippen molar-refractivity contribution in [2.24, 2.45) is 5.92 Å². The van der Waals surface area contributed by atoms with Crippen molar-refractivity contribution in [2.75, 3.05) is 6.54 Å². The molecule has 0 aliphatic heterocycles. The Morgan fingerprint density at radius 2 is 1.97 bits per heavy atom. The normalized spacial score (nSPS) is 15.4. The summed E-state index contributed by atoms with van der Waals surface area (Å²) in [6.45, 7) is 0.770. The van der Waals surface area contributed by atoms with E-state index in [1.807, 2.05) is 30.3 Å². The maximum atomic E-state index is 13.0.